The molecule has 4 heteroatoms. The van der Waals surface area contributed by atoms with E-state index >= 15 is 0 Å². The van der Waals surface area contributed by atoms with Gasteiger partial charge in [0.2, 0.25) is 0 Å². The van der Waals surface area contributed by atoms with Crippen molar-refractivity contribution in [3.63, 3.8) is 0 Å². The molecular weight excluding hydrogens is 248 g/mol. The van der Waals surface area contributed by atoms with Crippen LogP contribution in [0.5, 0.6) is 0 Å². The maximum Gasteiger partial charge on any atom is 0.255 e. The summed E-state index contributed by atoms with van der Waals surface area (Å²) >= 11 is 6.21. The van der Waals surface area contributed by atoms with Crippen molar-refractivity contribution < 1.29 is 4.79 Å². The Morgan fingerprint density at radius 2 is 2.33 bits per heavy atom. The predicted molar refractivity (Wildman–Crippen MR) is 73.9 cm³/mol. The summed E-state index contributed by atoms with van der Waals surface area (Å²) in [5, 5.41) is 0.567. The number of likely N-dealkylation sites (tertiary alicyclic amines) is 1. The van der Waals surface area contributed by atoms with Crippen molar-refractivity contribution >= 4 is 17.5 Å². The molecule has 3 nitrogen and oxygen atoms in total. The molecule has 0 radical (unpaired) electrons. The second-order valence-electron chi connectivity index (χ2n) is 4.93. The minimum absolute atomic E-state index is 0.0295. The Labute approximate surface area is 113 Å². The summed E-state index contributed by atoms with van der Waals surface area (Å²) in [7, 11) is 0. The van der Waals surface area contributed by atoms with Gasteiger partial charge in [0, 0.05) is 13.1 Å². The standard InChI is InChI=1S/C14H19ClN2O/c1-10-4-2-6-12(13(10)15)14(18)17-7-3-5-11(8-16)9-17/h2,4,6,11H,3,5,7-9,16H2,1H3. The van der Waals surface area contributed by atoms with E-state index in [0.717, 1.165) is 31.5 Å². The highest BCUT2D eigenvalue weighted by Gasteiger charge is 2.25. The lowest BCUT2D eigenvalue weighted by molar-refractivity contribution is 0.0678. The Kier molecular flexibility index (Phi) is 4.25. The van der Waals surface area contributed by atoms with Crippen LogP contribution in [0, 0.1) is 12.8 Å². The zero-order valence-corrected chi connectivity index (χ0v) is 11.4. The third-order valence-corrected chi connectivity index (χ3v) is 4.06. The topological polar surface area (TPSA) is 46.3 Å². The molecule has 1 fully saturated rings. The van der Waals surface area contributed by atoms with Crippen LogP contribution in [0.4, 0.5) is 0 Å². The molecule has 0 aliphatic carbocycles. The first-order valence-electron chi connectivity index (χ1n) is 6.38. The number of carbonyl (C=O) groups is 1. The highest BCUT2D eigenvalue weighted by molar-refractivity contribution is 6.34. The summed E-state index contributed by atoms with van der Waals surface area (Å²) in [4.78, 5) is 14.3. The van der Waals surface area contributed by atoms with E-state index in [9.17, 15) is 4.79 Å². The monoisotopic (exact) mass is 266 g/mol. The number of piperidine rings is 1. The summed E-state index contributed by atoms with van der Waals surface area (Å²) in [6, 6.07) is 5.58. The van der Waals surface area contributed by atoms with Crippen LogP contribution >= 0.6 is 11.6 Å². The third-order valence-electron chi connectivity index (χ3n) is 3.56. The summed E-state index contributed by atoms with van der Waals surface area (Å²) in [5.41, 5.74) is 7.24. The number of carbonyl (C=O) groups excluding carboxylic acids is 1. The molecule has 1 unspecified atom stereocenters. The second-order valence-corrected chi connectivity index (χ2v) is 5.31. The van der Waals surface area contributed by atoms with E-state index in [1.807, 2.05) is 24.0 Å². The van der Waals surface area contributed by atoms with Crippen LogP contribution in [0.1, 0.15) is 28.8 Å². The van der Waals surface area contributed by atoms with E-state index in [0.29, 0.717) is 23.0 Å². The van der Waals surface area contributed by atoms with Crippen LogP contribution in [0.3, 0.4) is 0 Å². The van der Waals surface area contributed by atoms with Crippen molar-refractivity contribution in [3.05, 3.63) is 34.3 Å². The van der Waals surface area contributed by atoms with E-state index in [1.54, 1.807) is 6.07 Å². The highest BCUT2D eigenvalue weighted by atomic mass is 35.5. The molecule has 1 aliphatic heterocycles. The van der Waals surface area contributed by atoms with Crippen molar-refractivity contribution in [1.82, 2.24) is 4.90 Å². The van der Waals surface area contributed by atoms with Crippen LogP contribution in [0.15, 0.2) is 18.2 Å². The van der Waals surface area contributed by atoms with E-state index in [-0.39, 0.29) is 5.91 Å². The molecule has 1 saturated heterocycles. The first kappa shape index (κ1) is 13.4. The zero-order valence-electron chi connectivity index (χ0n) is 10.7. The van der Waals surface area contributed by atoms with Gasteiger partial charge in [-0.3, -0.25) is 4.79 Å². The lowest BCUT2D eigenvalue weighted by Gasteiger charge is -2.32. The Balaban J connectivity index is 2.18. The number of amides is 1. The minimum atomic E-state index is 0.0295. The summed E-state index contributed by atoms with van der Waals surface area (Å²) in [5.74, 6) is 0.452. The number of nitrogens with two attached hydrogens (primary N) is 1. The van der Waals surface area contributed by atoms with Crippen LogP contribution in [-0.2, 0) is 0 Å². The van der Waals surface area contributed by atoms with Crippen LogP contribution in [0.2, 0.25) is 5.02 Å². The number of benzene rings is 1. The molecule has 1 aromatic rings. The molecule has 0 aromatic heterocycles. The molecule has 2 rings (SSSR count). The molecule has 18 heavy (non-hydrogen) atoms. The van der Waals surface area contributed by atoms with Crippen molar-refractivity contribution in [2.75, 3.05) is 19.6 Å². The van der Waals surface area contributed by atoms with Gasteiger partial charge in [-0.2, -0.15) is 0 Å². The first-order valence-corrected chi connectivity index (χ1v) is 6.75. The average Bonchev–Trinajstić information content (AvgIpc) is 2.41. The van der Waals surface area contributed by atoms with Gasteiger partial charge >= 0.3 is 0 Å². The van der Waals surface area contributed by atoms with Gasteiger partial charge in [-0.05, 0) is 43.9 Å². The lowest BCUT2D eigenvalue weighted by atomic mass is 9.97. The van der Waals surface area contributed by atoms with Crippen molar-refractivity contribution in [2.24, 2.45) is 11.7 Å². The first-order chi connectivity index (χ1) is 8.63. The van der Waals surface area contributed by atoms with Crippen LogP contribution < -0.4 is 5.73 Å². The van der Waals surface area contributed by atoms with E-state index in [2.05, 4.69) is 0 Å². The SMILES string of the molecule is Cc1cccc(C(=O)N2CCCC(CN)C2)c1Cl. The number of rotatable bonds is 2. The minimum Gasteiger partial charge on any atom is -0.338 e. The molecule has 1 atom stereocenters. The van der Waals surface area contributed by atoms with Gasteiger partial charge in [-0.15, -0.1) is 0 Å². The van der Waals surface area contributed by atoms with Crippen molar-refractivity contribution in [3.8, 4) is 0 Å². The maximum atomic E-state index is 12.4. The quantitative estimate of drug-likeness (QED) is 0.894. The molecule has 0 saturated carbocycles. The van der Waals surface area contributed by atoms with Gasteiger partial charge in [0.25, 0.3) is 5.91 Å². The number of aryl methyl sites for hydroxylation is 1. The summed E-state index contributed by atoms with van der Waals surface area (Å²) in [6.07, 6.45) is 2.14. The molecule has 1 aromatic carbocycles. The van der Waals surface area contributed by atoms with Gasteiger partial charge in [-0.25, -0.2) is 0 Å². The smallest absolute Gasteiger partial charge is 0.255 e. The van der Waals surface area contributed by atoms with Gasteiger partial charge in [0.1, 0.15) is 0 Å². The van der Waals surface area contributed by atoms with Gasteiger partial charge < -0.3 is 10.6 Å². The number of halogens is 1. The zero-order chi connectivity index (χ0) is 13.1. The highest BCUT2D eigenvalue weighted by Crippen LogP contribution is 2.24. The number of hydrogen-bond acceptors (Lipinski definition) is 2. The molecular formula is C14H19ClN2O. The normalized spacial score (nSPS) is 19.9. The van der Waals surface area contributed by atoms with Gasteiger partial charge in [0.05, 0.1) is 10.6 Å². The van der Waals surface area contributed by atoms with Gasteiger partial charge in [0.15, 0.2) is 0 Å². The fourth-order valence-electron chi connectivity index (χ4n) is 2.42. The number of hydrogen-bond donors (Lipinski definition) is 1. The fourth-order valence-corrected chi connectivity index (χ4v) is 2.63. The average molecular weight is 267 g/mol. The molecule has 1 heterocycles. The maximum absolute atomic E-state index is 12.4. The van der Waals surface area contributed by atoms with E-state index in [4.69, 9.17) is 17.3 Å². The second kappa shape index (κ2) is 5.72. The number of nitrogens with zero attached hydrogens (tertiary/aromatic N) is 1. The molecule has 2 N–H and O–H groups in total. The largest absolute Gasteiger partial charge is 0.338 e. The van der Waals surface area contributed by atoms with E-state index in [1.165, 1.54) is 0 Å². The van der Waals surface area contributed by atoms with E-state index < -0.39 is 0 Å². The molecule has 1 amide bonds. The van der Waals surface area contributed by atoms with Crippen LogP contribution in [-0.4, -0.2) is 30.4 Å². The molecule has 0 bridgehead atoms. The summed E-state index contributed by atoms with van der Waals surface area (Å²) in [6.45, 7) is 4.11. The van der Waals surface area contributed by atoms with Crippen molar-refractivity contribution in [1.29, 1.82) is 0 Å². The Hall–Kier alpha value is -1.06. The Morgan fingerprint density at radius 1 is 1.56 bits per heavy atom. The molecule has 1 aliphatic rings. The van der Waals surface area contributed by atoms with Crippen LogP contribution in [0.25, 0.3) is 0 Å². The molecule has 0 spiro atoms. The van der Waals surface area contributed by atoms with Gasteiger partial charge in [-0.1, -0.05) is 23.7 Å². The summed E-state index contributed by atoms with van der Waals surface area (Å²) < 4.78 is 0. The fraction of sp³-hybridized carbons (Fsp3) is 0.500. The lowest BCUT2D eigenvalue weighted by Crippen LogP contribution is -2.42. The Bertz CT molecular complexity index is 447. The van der Waals surface area contributed by atoms with Crippen molar-refractivity contribution in [2.45, 2.75) is 19.8 Å². The Morgan fingerprint density at radius 3 is 3.06 bits per heavy atom. The molecule has 98 valence electrons. The third kappa shape index (κ3) is 2.68. The predicted octanol–water partition coefficient (Wildman–Crippen LogP) is 2.46.